The van der Waals surface area contributed by atoms with Crippen LogP contribution in [0, 0.1) is 0 Å². The fourth-order valence-corrected chi connectivity index (χ4v) is 3.90. The van der Waals surface area contributed by atoms with Gasteiger partial charge in [-0.15, -0.1) is 0 Å². The Hall–Kier alpha value is 0.0700. The zero-order valence-corrected chi connectivity index (χ0v) is 19.1. The van der Waals surface area contributed by atoms with Gasteiger partial charge in [0.1, 0.15) is 0 Å². The third-order valence-corrected chi connectivity index (χ3v) is 5.82. The normalized spacial score (nSPS) is 17.4. The standard InChI is InChI=1S/C13H29O4P.C8H17N/c1-2-3-4-5-6-7-8-9-10-11-12-13-17-18(14,15)16;1-9(2)8-6-4-3-5-7-8/h2-13H2,1H3,(H2,14,15,16);8H,3-7H2,1-2H3/p-1. The number of rotatable bonds is 14. The highest BCUT2D eigenvalue weighted by Crippen LogP contribution is 2.30. The maximum absolute atomic E-state index is 10.3. The Balaban J connectivity index is 0.000000621. The highest BCUT2D eigenvalue weighted by molar-refractivity contribution is 7.44. The van der Waals surface area contributed by atoms with Crippen molar-refractivity contribution in [1.29, 1.82) is 0 Å². The van der Waals surface area contributed by atoms with Gasteiger partial charge in [0.05, 0.1) is 6.61 Å². The molecule has 1 saturated carbocycles. The fraction of sp³-hybridized carbons (Fsp3) is 1.00. The van der Waals surface area contributed by atoms with E-state index in [9.17, 15) is 9.46 Å². The molecule has 1 aliphatic carbocycles. The van der Waals surface area contributed by atoms with Gasteiger partial charge in [0.2, 0.25) is 0 Å². The molecule has 1 fully saturated rings. The van der Waals surface area contributed by atoms with Crippen molar-refractivity contribution in [1.82, 2.24) is 4.90 Å². The average Bonchev–Trinajstić information content (AvgIpc) is 2.63. The van der Waals surface area contributed by atoms with Gasteiger partial charge in [0.15, 0.2) is 0 Å². The van der Waals surface area contributed by atoms with E-state index in [2.05, 4.69) is 30.4 Å². The Morgan fingerprint density at radius 1 is 0.889 bits per heavy atom. The topological polar surface area (TPSA) is 72.8 Å². The van der Waals surface area contributed by atoms with Crippen LogP contribution < -0.4 is 4.89 Å². The fourth-order valence-electron chi connectivity index (χ4n) is 3.54. The van der Waals surface area contributed by atoms with Crippen LogP contribution in [0.15, 0.2) is 0 Å². The van der Waals surface area contributed by atoms with Crippen molar-refractivity contribution in [2.45, 2.75) is 116 Å². The number of nitrogens with zero attached hydrogens (tertiary/aromatic N) is 1. The molecule has 0 amide bonds. The van der Waals surface area contributed by atoms with Gasteiger partial charge in [0, 0.05) is 6.04 Å². The lowest BCUT2D eigenvalue weighted by Crippen LogP contribution is -2.29. The van der Waals surface area contributed by atoms with E-state index in [4.69, 9.17) is 4.89 Å². The molecule has 1 unspecified atom stereocenters. The first-order chi connectivity index (χ1) is 12.9. The largest absolute Gasteiger partial charge is 0.756 e. The molecule has 0 aromatic carbocycles. The van der Waals surface area contributed by atoms with Crippen molar-refractivity contribution in [2.75, 3.05) is 20.7 Å². The molecule has 0 bridgehead atoms. The van der Waals surface area contributed by atoms with E-state index in [1.54, 1.807) is 0 Å². The second-order valence-corrected chi connectivity index (χ2v) is 9.29. The van der Waals surface area contributed by atoms with Crippen molar-refractivity contribution in [2.24, 2.45) is 0 Å². The summed E-state index contributed by atoms with van der Waals surface area (Å²) in [5, 5.41) is 0. The molecule has 1 rings (SSSR count). The predicted molar refractivity (Wildman–Crippen MR) is 113 cm³/mol. The zero-order valence-electron chi connectivity index (χ0n) is 18.2. The summed E-state index contributed by atoms with van der Waals surface area (Å²) in [5.41, 5.74) is 0. The van der Waals surface area contributed by atoms with Gasteiger partial charge in [-0.05, 0) is 33.4 Å². The van der Waals surface area contributed by atoms with Gasteiger partial charge in [-0.2, -0.15) is 0 Å². The summed E-state index contributed by atoms with van der Waals surface area (Å²) in [6.07, 6.45) is 20.5. The molecule has 27 heavy (non-hydrogen) atoms. The number of unbranched alkanes of at least 4 members (excludes halogenated alkanes) is 10. The Morgan fingerprint density at radius 2 is 1.33 bits per heavy atom. The van der Waals surface area contributed by atoms with Crippen molar-refractivity contribution in [3.05, 3.63) is 0 Å². The van der Waals surface area contributed by atoms with Crippen LogP contribution in [0.5, 0.6) is 0 Å². The molecule has 0 saturated heterocycles. The second-order valence-electron chi connectivity index (χ2n) is 8.09. The summed E-state index contributed by atoms with van der Waals surface area (Å²) in [5.74, 6) is 0. The molecule has 0 heterocycles. The van der Waals surface area contributed by atoms with Crippen LogP contribution in [0.3, 0.4) is 0 Å². The minimum absolute atomic E-state index is 0.105. The third kappa shape index (κ3) is 20.6. The Kier molecular flexibility index (Phi) is 18.2. The van der Waals surface area contributed by atoms with Gasteiger partial charge in [-0.3, -0.25) is 4.57 Å². The summed E-state index contributed by atoms with van der Waals surface area (Å²) < 4.78 is 14.5. The van der Waals surface area contributed by atoms with E-state index in [-0.39, 0.29) is 6.61 Å². The van der Waals surface area contributed by atoms with Crippen LogP contribution in [0.4, 0.5) is 0 Å². The number of phosphoric acid groups is 1. The number of hydrogen-bond donors (Lipinski definition) is 1. The predicted octanol–water partition coefficient (Wildman–Crippen LogP) is 5.66. The first kappa shape index (κ1) is 27.1. The lowest BCUT2D eigenvalue weighted by molar-refractivity contribution is -0.219. The minimum atomic E-state index is -4.50. The molecule has 0 radical (unpaired) electrons. The van der Waals surface area contributed by atoms with E-state index >= 15 is 0 Å². The molecule has 164 valence electrons. The molecular weight excluding hydrogens is 361 g/mol. The van der Waals surface area contributed by atoms with E-state index in [1.165, 1.54) is 83.5 Å². The smallest absolute Gasteiger partial charge is 0.265 e. The zero-order chi connectivity index (χ0) is 20.4. The molecule has 1 N–H and O–H groups in total. The maximum Gasteiger partial charge on any atom is 0.265 e. The second kappa shape index (κ2) is 18.1. The third-order valence-electron chi connectivity index (χ3n) is 5.31. The lowest BCUT2D eigenvalue weighted by atomic mass is 9.95. The quantitative estimate of drug-likeness (QED) is 0.298. The van der Waals surface area contributed by atoms with E-state index < -0.39 is 7.82 Å². The summed E-state index contributed by atoms with van der Waals surface area (Å²) in [4.78, 5) is 21.0. The highest BCUT2D eigenvalue weighted by atomic mass is 31.2. The Bertz CT molecular complexity index is 354. The SMILES string of the molecule is CCCCCCCCCCCCCOP(=O)([O-])O.CN(C)C1CCCCC1. The summed E-state index contributed by atoms with van der Waals surface area (Å²) >= 11 is 0. The molecular formula is C21H45NO4P-. The molecule has 1 atom stereocenters. The van der Waals surface area contributed by atoms with Crippen LogP contribution in [0.25, 0.3) is 0 Å². The van der Waals surface area contributed by atoms with Gasteiger partial charge in [0.25, 0.3) is 7.82 Å². The van der Waals surface area contributed by atoms with E-state index in [1.807, 2.05) is 0 Å². The van der Waals surface area contributed by atoms with Crippen LogP contribution >= 0.6 is 7.82 Å². The molecule has 1 aliphatic rings. The van der Waals surface area contributed by atoms with Crippen LogP contribution in [-0.4, -0.2) is 36.5 Å². The molecule has 6 heteroatoms. The van der Waals surface area contributed by atoms with Crippen molar-refractivity contribution < 1.29 is 18.9 Å². The number of hydrogen-bond acceptors (Lipinski definition) is 4. The maximum atomic E-state index is 10.3. The summed E-state index contributed by atoms with van der Waals surface area (Å²) in [6, 6.07) is 0.888. The minimum Gasteiger partial charge on any atom is -0.756 e. The van der Waals surface area contributed by atoms with Crippen molar-refractivity contribution in [3.8, 4) is 0 Å². The Morgan fingerprint density at radius 3 is 1.70 bits per heavy atom. The molecule has 0 aliphatic heterocycles. The first-order valence-corrected chi connectivity index (χ1v) is 12.7. The summed E-state index contributed by atoms with van der Waals surface area (Å²) in [6.45, 7) is 2.33. The van der Waals surface area contributed by atoms with E-state index in [0.29, 0.717) is 6.42 Å². The average molecular weight is 407 g/mol. The Labute approximate surface area is 168 Å². The number of phosphoric ester groups is 1. The monoisotopic (exact) mass is 406 g/mol. The van der Waals surface area contributed by atoms with Gasteiger partial charge >= 0.3 is 0 Å². The molecule has 0 aromatic rings. The van der Waals surface area contributed by atoms with Crippen molar-refractivity contribution >= 4 is 7.82 Å². The highest BCUT2D eigenvalue weighted by Gasteiger charge is 2.13. The molecule has 0 spiro atoms. The molecule has 0 aromatic heterocycles. The van der Waals surface area contributed by atoms with Crippen LogP contribution in [0.1, 0.15) is 110 Å². The lowest BCUT2D eigenvalue weighted by Gasteiger charge is -2.27. The van der Waals surface area contributed by atoms with Gasteiger partial charge in [-0.1, -0.05) is 90.4 Å². The summed E-state index contributed by atoms with van der Waals surface area (Å²) in [7, 11) is -0.115. The molecule has 5 nitrogen and oxygen atoms in total. The van der Waals surface area contributed by atoms with E-state index in [0.717, 1.165) is 18.9 Å². The van der Waals surface area contributed by atoms with Gasteiger partial charge in [-0.25, -0.2) is 0 Å². The van der Waals surface area contributed by atoms with Gasteiger partial charge < -0.3 is 19.2 Å². The van der Waals surface area contributed by atoms with Crippen molar-refractivity contribution in [3.63, 3.8) is 0 Å². The van der Waals surface area contributed by atoms with Crippen LogP contribution in [0.2, 0.25) is 0 Å². The van der Waals surface area contributed by atoms with Crippen LogP contribution in [-0.2, 0) is 9.09 Å². The first-order valence-electron chi connectivity index (χ1n) is 11.2.